The zero-order chi connectivity index (χ0) is 33.3. The van der Waals surface area contributed by atoms with Crippen LogP contribution in [0.15, 0.2) is 70.7 Å². The fraction of sp³-hybridized carbons (Fsp3) is 0.375. The molecule has 2 aromatic heterocycles. The van der Waals surface area contributed by atoms with Crippen LogP contribution in [0.3, 0.4) is 0 Å². The average Bonchev–Trinajstić information content (AvgIpc) is 2.95. The van der Waals surface area contributed by atoms with Crippen LogP contribution in [0, 0.1) is 0 Å². The molecule has 2 saturated carbocycles. The van der Waals surface area contributed by atoms with Crippen molar-refractivity contribution in [2.75, 3.05) is 6.61 Å². The van der Waals surface area contributed by atoms with Gasteiger partial charge in [0, 0.05) is 33.0 Å². The molecule has 0 bridgehead atoms. The minimum absolute atomic E-state index is 0.288. The maximum absolute atomic E-state index is 13.0. The Hall–Kier alpha value is -3.52. The minimum atomic E-state index is -4.44. The minimum Gasteiger partial charge on any atom is -0.480 e. The Bertz CT molecular complexity index is 1770. The summed E-state index contributed by atoms with van der Waals surface area (Å²) in [5, 5.41) is 10.1. The molecular formula is C32H28F6N2O4S2. The second kappa shape index (κ2) is 12.9. The number of aromatic nitrogens is 2. The number of carboxylic acid groups (broad SMARTS) is 1. The van der Waals surface area contributed by atoms with E-state index in [2.05, 4.69) is 9.97 Å². The maximum atomic E-state index is 13.0. The van der Waals surface area contributed by atoms with Gasteiger partial charge < -0.3 is 9.84 Å². The Kier molecular flexibility index (Phi) is 9.52. The monoisotopic (exact) mass is 682 g/mol. The molecule has 0 amide bonds. The fourth-order valence-corrected chi connectivity index (χ4v) is 8.02. The zero-order valence-electron chi connectivity index (χ0n) is 24.4. The topological polar surface area (TPSA) is 89.4 Å². The Labute approximate surface area is 268 Å². The predicted octanol–water partition coefficient (Wildman–Crippen LogP) is 9.18. The molecule has 2 aliphatic rings. The number of hydrogen-bond acceptors (Lipinski definition) is 7. The number of hydrogen-bond donors (Lipinski definition) is 1. The van der Waals surface area contributed by atoms with Crippen molar-refractivity contribution < 1.29 is 45.8 Å². The summed E-state index contributed by atoms with van der Waals surface area (Å²) < 4.78 is 81.1. The van der Waals surface area contributed by atoms with E-state index in [1.165, 1.54) is 30.1 Å². The lowest BCUT2D eigenvalue weighted by atomic mass is 9.84. The molecule has 0 spiro atoms. The Morgan fingerprint density at radius 1 is 0.761 bits per heavy atom. The number of aliphatic carboxylic acids is 1. The van der Waals surface area contributed by atoms with Crippen LogP contribution >= 0.6 is 23.5 Å². The number of fused-ring (bicyclic) bond motifs is 2. The molecule has 244 valence electrons. The number of rotatable bonds is 7. The third-order valence-corrected chi connectivity index (χ3v) is 11.1. The van der Waals surface area contributed by atoms with E-state index in [1.54, 1.807) is 25.3 Å². The Balaban J connectivity index is 0.000000182. The molecule has 14 heteroatoms. The molecule has 0 unspecified atom stereocenters. The van der Waals surface area contributed by atoms with E-state index in [1.807, 2.05) is 0 Å². The number of nitrogens with zero attached hydrogens (tertiary/aromatic N) is 2. The number of carbonyl (C=O) groups excluding carboxylic acids is 1. The summed E-state index contributed by atoms with van der Waals surface area (Å²) in [5.74, 6) is -1.21. The first-order chi connectivity index (χ1) is 21.7. The van der Waals surface area contributed by atoms with Gasteiger partial charge in [0.1, 0.15) is 9.49 Å². The normalized spacial score (nSPS) is 16.9. The van der Waals surface area contributed by atoms with Crippen molar-refractivity contribution >= 4 is 57.3 Å². The first kappa shape index (κ1) is 33.8. The van der Waals surface area contributed by atoms with Gasteiger partial charge in [-0.05, 0) is 94.0 Å². The molecule has 2 fully saturated rings. The van der Waals surface area contributed by atoms with Gasteiger partial charge in [-0.3, -0.25) is 19.6 Å². The summed E-state index contributed by atoms with van der Waals surface area (Å²) in [6.45, 7) is 2.03. The maximum Gasteiger partial charge on any atom is 0.416 e. The molecule has 4 aromatic rings. The van der Waals surface area contributed by atoms with E-state index in [0.29, 0.717) is 57.3 Å². The van der Waals surface area contributed by atoms with Gasteiger partial charge in [-0.2, -0.15) is 26.3 Å². The molecule has 6 rings (SSSR count). The lowest BCUT2D eigenvalue weighted by Crippen LogP contribution is -2.43. The van der Waals surface area contributed by atoms with Crippen molar-refractivity contribution in [3.05, 3.63) is 72.1 Å². The molecule has 6 nitrogen and oxygen atoms in total. The SMILES string of the molecule is CCOC(=O)C1(Sc2ccnc3ccc(C(F)(F)F)cc23)CCC1.O=C(O)C1(Sc2ccnc3ccc(C(F)(F)F)cc23)CCC1. The van der Waals surface area contributed by atoms with Crippen molar-refractivity contribution in [3.8, 4) is 0 Å². The number of ether oxygens (including phenoxy) is 1. The summed E-state index contributed by atoms with van der Waals surface area (Å²) in [4.78, 5) is 33.1. The number of halogens is 6. The molecule has 0 atom stereocenters. The molecule has 2 aromatic carbocycles. The number of pyridine rings is 2. The third kappa shape index (κ3) is 6.92. The lowest BCUT2D eigenvalue weighted by molar-refractivity contribution is -0.148. The second-order valence-electron chi connectivity index (χ2n) is 11.0. The van der Waals surface area contributed by atoms with Crippen molar-refractivity contribution in [2.24, 2.45) is 0 Å². The summed E-state index contributed by atoms with van der Waals surface area (Å²) in [6.07, 6.45) is -1.71. The van der Waals surface area contributed by atoms with Crippen LogP contribution < -0.4 is 0 Å². The van der Waals surface area contributed by atoms with E-state index in [0.717, 1.165) is 48.9 Å². The van der Waals surface area contributed by atoms with E-state index in [9.17, 15) is 41.0 Å². The molecule has 2 aliphatic carbocycles. The molecular weight excluding hydrogens is 654 g/mol. The first-order valence-electron chi connectivity index (χ1n) is 14.4. The van der Waals surface area contributed by atoms with Crippen LogP contribution in [0.4, 0.5) is 26.3 Å². The van der Waals surface area contributed by atoms with Gasteiger partial charge in [0.05, 0.1) is 28.8 Å². The van der Waals surface area contributed by atoms with Gasteiger partial charge in [-0.1, -0.05) is 0 Å². The molecule has 0 saturated heterocycles. The van der Waals surface area contributed by atoms with E-state index in [-0.39, 0.29) is 12.6 Å². The molecule has 0 aliphatic heterocycles. The smallest absolute Gasteiger partial charge is 0.416 e. The van der Waals surface area contributed by atoms with Gasteiger partial charge >= 0.3 is 24.3 Å². The standard InChI is InChI=1S/C17H16F3NO2S.C15H12F3NO2S/c1-2-23-15(22)16(7-3-8-16)24-14-6-9-21-13-5-4-11(10-12(13)14)17(18,19)20;16-15(17,18)9-2-3-11-10(8-9)12(4-7-19-11)22-14(13(20)21)5-1-6-14/h4-6,9-10H,2-3,7-8H2,1H3;2-4,7-8H,1,5-6H2,(H,20,21). The van der Waals surface area contributed by atoms with Gasteiger partial charge in [0.2, 0.25) is 0 Å². The molecule has 2 heterocycles. The molecule has 1 N–H and O–H groups in total. The number of benzene rings is 2. The molecule has 46 heavy (non-hydrogen) atoms. The zero-order valence-corrected chi connectivity index (χ0v) is 26.0. The number of esters is 1. The van der Waals surface area contributed by atoms with Crippen molar-refractivity contribution in [1.82, 2.24) is 9.97 Å². The highest BCUT2D eigenvalue weighted by Crippen LogP contribution is 2.51. The van der Waals surface area contributed by atoms with Gasteiger partial charge in [0.25, 0.3) is 0 Å². The Morgan fingerprint density at radius 2 is 1.20 bits per heavy atom. The number of carbonyl (C=O) groups is 2. The lowest BCUT2D eigenvalue weighted by Gasteiger charge is -2.38. The third-order valence-electron chi connectivity index (χ3n) is 8.03. The summed E-state index contributed by atoms with van der Waals surface area (Å²) >= 11 is 2.42. The van der Waals surface area contributed by atoms with E-state index in [4.69, 9.17) is 4.74 Å². The van der Waals surface area contributed by atoms with Gasteiger partial charge in [-0.25, -0.2) is 0 Å². The summed E-state index contributed by atoms with van der Waals surface area (Å²) in [5.41, 5.74) is -0.569. The van der Waals surface area contributed by atoms with Crippen LogP contribution in [0.1, 0.15) is 56.6 Å². The fourth-order valence-electron chi connectivity index (χ4n) is 5.16. The first-order valence-corrected chi connectivity index (χ1v) is 16.0. The van der Waals surface area contributed by atoms with Crippen LogP contribution in [0.25, 0.3) is 21.8 Å². The number of thioether (sulfide) groups is 2. The van der Waals surface area contributed by atoms with Gasteiger partial charge in [0.15, 0.2) is 0 Å². The van der Waals surface area contributed by atoms with Crippen LogP contribution in [0.5, 0.6) is 0 Å². The summed E-state index contributed by atoms with van der Waals surface area (Å²) in [7, 11) is 0. The van der Waals surface area contributed by atoms with Gasteiger partial charge in [-0.15, -0.1) is 23.5 Å². The number of alkyl halides is 6. The van der Waals surface area contributed by atoms with Crippen molar-refractivity contribution in [3.63, 3.8) is 0 Å². The molecule has 0 radical (unpaired) electrons. The van der Waals surface area contributed by atoms with E-state index >= 15 is 0 Å². The van der Waals surface area contributed by atoms with Crippen LogP contribution in [-0.4, -0.2) is 43.1 Å². The van der Waals surface area contributed by atoms with Crippen molar-refractivity contribution in [1.29, 1.82) is 0 Å². The summed E-state index contributed by atoms with van der Waals surface area (Å²) in [6, 6.07) is 10.1. The highest BCUT2D eigenvalue weighted by Gasteiger charge is 2.47. The van der Waals surface area contributed by atoms with E-state index < -0.39 is 38.9 Å². The quantitative estimate of drug-likeness (QED) is 0.153. The Morgan fingerprint density at radius 3 is 1.54 bits per heavy atom. The highest BCUT2D eigenvalue weighted by molar-refractivity contribution is 8.02. The van der Waals surface area contributed by atoms with Crippen molar-refractivity contribution in [2.45, 2.75) is 77.1 Å². The average molecular weight is 683 g/mol. The highest BCUT2D eigenvalue weighted by atomic mass is 32.2. The van der Waals surface area contributed by atoms with Crippen LogP contribution in [0.2, 0.25) is 0 Å². The largest absolute Gasteiger partial charge is 0.480 e. The second-order valence-corrected chi connectivity index (χ2v) is 13.9. The van der Waals surface area contributed by atoms with Crippen LogP contribution in [-0.2, 0) is 26.7 Å². The predicted molar refractivity (Wildman–Crippen MR) is 163 cm³/mol. The number of carboxylic acids is 1.